The second-order valence-corrected chi connectivity index (χ2v) is 17.3. The Kier molecular flexibility index (Phi) is 12.6. The van der Waals surface area contributed by atoms with E-state index >= 15 is 0 Å². The molecule has 1 saturated heterocycles. The zero-order valence-corrected chi connectivity index (χ0v) is 32.8. The molecule has 2 aromatic rings. The third-order valence-electron chi connectivity index (χ3n) is 6.36. The number of rotatable bonds is 12. The molecule has 0 aliphatic carbocycles. The van der Waals surface area contributed by atoms with Gasteiger partial charge in [-0.25, -0.2) is 23.7 Å². The number of ether oxygens (including phenoxy) is 3. The molecule has 1 aliphatic heterocycles. The van der Waals surface area contributed by atoms with Crippen LogP contribution >= 0.6 is 11.3 Å². The highest BCUT2D eigenvalue weighted by Crippen LogP contribution is 2.28. The average molecular weight is 788 g/mol. The lowest BCUT2D eigenvalue weighted by Gasteiger charge is -2.43. The normalized spacial score (nSPS) is 17.0. The lowest BCUT2D eigenvalue weighted by molar-refractivity contribution is -0.179. The van der Waals surface area contributed by atoms with Gasteiger partial charge in [-0.15, -0.1) is 11.3 Å². The van der Waals surface area contributed by atoms with Gasteiger partial charge >= 0.3 is 28.5 Å². The van der Waals surface area contributed by atoms with Crippen LogP contribution in [0.1, 0.15) is 93.3 Å². The van der Waals surface area contributed by atoms with Crippen molar-refractivity contribution in [3.63, 3.8) is 0 Å². The molecular weight excluding hydrogens is 743 g/mol. The van der Waals surface area contributed by atoms with Gasteiger partial charge in [0, 0.05) is 17.9 Å². The van der Waals surface area contributed by atoms with Crippen molar-refractivity contribution < 1.29 is 60.5 Å². The van der Waals surface area contributed by atoms with Crippen molar-refractivity contribution in [2.45, 2.75) is 124 Å². The first-order chi connectivity index (χ1) is 24.0. The summed E-state index contributed by atoms with van der Waals surface area (Å²) < 4.78 is 55.3. The molecule has 3 rings (SSSR count). The van der Waals surface area contributed by atoms with Crippen molar-refractivity contribution in [3.8, 4) is 0 Å². The van der Waals surface area contributed by atoms with E-state index in [1.807, 2.05) is 0 Å². The summed E-state index contributed by atoms with van der Waals surface area (Å²) >= 11 is 0.882. The minimum absolute atomic E-state index is 0.0145. The van der Waals surface area contributed by atoms with E-state index in [0.717, 1.165) is 11.3 Å². The number of nitrogens with zero attached hydrogens (tertiary/aromatic N) is 4. The van der Waals surface area contributed by atoms with Gasteiger partial charge in [0.1, 0.15) is 28.5 Å². The molecule has 0 unspecified atom stereocenters. The molecule has 0 bridgehead atoms. The van der Waals surface area contributed by atoms with E-state index in [0.29, 0.717) is 0 Å². The Hall–Kier alpha value is -4.83. The lowest BCUT2D eigenvalue weighted by Crippen LogP contribution is -2.73. The van der Waals surface area contributed by atoms with Gasteiger partial charge in [-0.2, -0.15) is 8.42 Å². The van der Waals surface area contributed by atoms with Crippen molar-refractivity contribution in [2.75, 3.05) is 5.32 Å². The predicted molar refractivity (Wildman–Crippen MR) is 187 cm³/mol. The smallest absolute Gasteiger partial charge is 0.413 e. The lowest BCUT2D eigenvalue weighted by atomic mass is 9.93. The number of aromatic nitrogens is 2. The zero-order valence-electron chi connectivity index (χ0n) is 31.2. The Morgan fingerprint density at radius 1 is 0.962 bits per heavy atom. The topological polar surface area (TPSA) is 267 Å². The Balaban J connectivity index is 1.89. The Morgan fingerprint density at radius 2 is 1.55 bits per heavy atom. The molecule has 294 valence electrons. The van der Waals surface area contributed by atoms with E-state index in [9.17, 15) is 36.9 Å². The Morgan fingerprint density at radius 3 is 2.11 bits per heavy atom. The van der Waals surface area contributed by atoms with Gasteiger partial charge in [0.25, 0.3) is 11.8 Å². The average Bonchev–Trinajstić information content (AvgIpc) is 3.60. The summed E-state index contributed by atoms with van der Waals surface area (Å²) in [4.78, 5) is 73.7. The third-order valence-corrected chi connectivity index (χ3v) is 8.07. The standard InChI is InChI=1S/C31H45N7O13S2/c1-28(2,3)47-24(41)31(10,11)51-37-20(18-15-52-25(33-18)35-27(43)49-30(7,8)9)22(39)34-21-19(38(23(21)40)53(44,45)46)13-16-12-17(50-36-16)14-32-26(42)48-29(4,5)6/h12,15,19,21H,13-14H2,1-11H3,(H,32,42)(H,34,39)(H,33,35,43)(H,44,45,46)/t19-,21+/m1/s1. The quantitative estimate of drug-likeness (QED) is 0.0601. The molecule has 1 aliphatic rings. The van der Waals surface area contributed by atoms with Gasteiger partial charge in [-0.1, -0.05) is 10.3 Å². The monoisotopic (exact) mass is 787 g/mol. The molecule has 22 heteroatoms. The summed E-state index contributed by atoms with van der Waals surface area (Å²) in [5, 5.41) is 16.3. The fraction of sp³-hybridized carbons (Fsp3) is 0.613. The van der Waals surface area contributed by atoms with Crippen LogP contribution in [-0.2, 0) is 56.7 Å². The van der Waals surface area contributed by atoms with E-state index < -0.39 is 80.5 Å². The van der Waals surface area contributed by atoms with Gasteiger partial charge < -0.3 is 34.2 Å². The number of hydrogen-bond donors (Lipinski definition) is 4. The van der Waals surface area contributed by atoms with Crippen LogP contribution in [0.3, 0.4) is 0 Å². The minimum Gasteiger partial charge on any atom is -0.457 e. The molecule has 0 aromatic carbocycles. The van der Waals surface area contributed by atoms with Gasteiger partial charge in [0.05, 0.1) is 18.3 Å². The van der Waals surface area contributed by atoms with E-state index in [-0.39, 0.29) is 39.6 Å². The van der Waals surface area contributed by atoms with Gasteiger partial charge in [0.2, 0.25) is 5.60 Å². The van der Waals surface area contributed by atoms with Crippen LogP contribution in [0.4, 0.5) is 14.7 Å². The van der Waals surface area contributed by atoms with Gasteiger partial charge in [-0.3, -0.25) is 19.5 Å². The summed E-state index contributed by atoms with van der Waals surface area (Å²) in [5.74, 6) is -2.99. The van der Waals surface area contributed by atoms with Crippen LogP contribution in [0.15, 0.2) is 21.1 Å². The molecule has 3 heterocycles. The van der Waals surface area contributed by atoms with Crippen molar-refractivity contribution >= 4 is 62.5 Å². The molecule has 20 nitrogen and oxygen atoms in total. The predicted octanol–water partition coefficient (Wildman–Crippen LogP) is 3.08. The van der Waals surface area contributed by atoms with E-state index in [2.05, 4.69) is 31.2 Å². The maximum atomic E-state index is 13.8. The van der Waals surface area contributed by atoms with Crippen LogP contribution < -0.4 is 16.0 Å². The molecule has 1 fully saturated rings. The number of carbonyl (C=O) groups is 5. The van der Waals surface area contributed by atoms with E-state index in [1.54, 1.807) is 62.3 Å². The fourth-order valence-corrected chi connectivity index (χ4v) is 5.79. The van der Waals surface area contributed by atoms with Crippen LogP contribution in [0.5, 0.6) is 0 Å². The zero-order chi connectivity index (χ0) is 40.3. The summed E-state index contributed by atoms with van der Waals surface area (Å²) in [5.41, 5.74) is -4.87. The Bertz CT molecular complexity index is 1850. The maximum Gasteiger partial charge on any atom is 0.413 e. The first-order valence-electron chi connectivity index (χ1n) is 16.0. The van der Waals surface area contributed by atoms with Crippen molar-refractivity contribution in [2.24, 2.45) is 5.16 Å². The second-order valence-electron chi connectivity index (χ2n) is 15.2. The minimum atomic E-state index is -5.10. The number of anilines is 1. The first kappa shape index (κ1) is 42.6. The highest BCUT2D eigenvalue weighted by atomic mass is 32.2. The number of β-lactam (4-membered cyclic amide) rings is 1. The van der Waals surface area contributed by atoms with Gasteiger partial charge in [-0.05, 0) is 76.2 Å². The molecule has 53 heavy (non-hydrogen) atoms. The summed E-state index contributed by atoms with van der Waals surface area (Å²) in [6, 6.07) is -1.60. The van der Waals surface area contributed by atoms with E-state index in [1.165, 1.54) is 25.3 Å². The van der Waals surface area contributed by atoms with E-state index in [4.69, 9.17) is 23.6 Å². The molecule has 4 N–H and O–H groups in total. The Labute approximate surface area is 310 Å². The van der Waals surface area contributed by atoms with Crippen LogP contribution in [0, 0.1) is 0 Å². The highest BCUT2D eigenvalue weighted by Gasteiger charge is 2.54. The fourth-order valence-electron chi connectivity index (χ4n) is 4.23. The number of nitrogens with one attached hydrogen (secondary N) is 3. The number of alkyl carbamates (subject to hydrolysis) is 1. The molecule has 2 aromatic heterocycles. The summed E-state index contributed by atoms with van der Waals surface area (Å²) in [6.45, 7) is 17.4. The largest absolute Gasteiger partial charge is 0.457 e. The first-order valence-corrected chi connectivity index (χ1v) is 18.3. The molecule has 4 amide bonds. The van der Waals surface area contributed by atoms with Crippen LogP contribution in [-0.4, -0.2) is 97.6 Å². The van der Waals surface area contributed by atoms with Crippen molar-refractivity contribution in [1.29, 1.82) is 0 Å². The maximum absolute atomic E-state index is 13.8. The summed E-state index contributed by atoms with van der Waals surface area (Å²) in [7, 11) is -5.10. The molecule has 2 atom stereocenters. The number of thiazole rings is 1. The van der Waals surface area contributed by atoms with Crippen LogP contribution in [0.2, 0.25) is 0 Å². The van der Waals surface area contributed by atoms with Crippen LogP contribution in [0.25, 0.3) is 0 Å². The number of oxime groups is 1. The molecule has 0 radical (unpaired) electrons. The number of carbonyl (C=O) groups excluding carboxylic acids is 5. The second kappa shape index (κ2) is 15.6. The summed E-state index contributed by atoms with van der Waals surface area (Å²) in [6.07, 6.45) is -1.92. The molecule has 0 saturated carbocycles. The SMILES string of the molecule is CC(C)(C)OC(=O)NCc1cc(C[C@@H]2[C@H](NC(=O)C(=NOC(C)(C)C(=O)OC(C)(C)C)c3csc(NC(=O)OC(C)(C)C)n3)C(=O)N2S(=O)(=O)O)no1. The van der Waals surface area contributed by atoms with Gasteiger partial charge in [0.15, 0.2) is 16.6 Å². The number of amides is 4. The third kappa shape index (κ3) is 12.7. The molecular formula is C31H45N7O13S2. The van der Waals surface area contributed by atoms with Crippen molar-refractivity contribution in [1.82, 2.24) is 25.1 Å². The number of esters is 1. The number of hydrogen-bond acceptors (Lipinski definition) is 16. The highest BCUT2D eigenvalue weighted by molar-refractivity contribution is 7.84. The molecule has 0 spiro atoms. The van der Waals surface area contributed by atoms with Crippen molar-refractivity contribution in [3.05, 3.63) is 28.6 Å².